The van der Waals surface area contributed by atoms with Crippen LogP contribution in [-0.4, -0.2) is 90.6 Å². The third kappa shape index (κ3) is 5.45. The maximum Gasteiger partial charge on any atom is 0.245 e. The van der Waals surface area contributed by atoms with Crippen LogP contribution >= 0.6 is 0 Å². The van der Waals surface area contributed by atoms with E-state index in [9.17, 15) is 9.59 Å². The van der Waals surface area contributed by atoms with E-state index in [-0.39, 0.29) is 30.0 Å². The molecule has 31 heavy (non-hydrogen) atoms. The van der Waals surface area contributed by atoms with Gasteiger partial charge in [0.25, 0.3) is 0 Å². The van der Waals surface area contributed by atoms with Crippen molar-refractivity contribution >= 4 is 11.8 Å². The van der Waals surface area contributed by atoms with E-state index >= 15 is 0 Å². The molecule has 0 spiro atoms. The standard InChI is InChI=1S/C24H36N4O3/c1-18-5-7-20(8-6-18)15-27(17-22-4-3-13-31-22)21-14-23(28(16-21)19(2)29)24(30)26-11-9-25-10-12-26/h5-8,21-23,25H,3-4,9-17H2,1-2H3. The number of ether oxygens (including phenoxy) is 1. The van der Waals surface area contributed by atoms with Gasteiger partial charge in [0.1, 0.15) is 6.04 Å². The maximum absolute atomic E-state index is 13.3. The van der Waals surface area contributed by atoms with Crippen molar-refractivity contribution in [2.45, 2.75) is 57.8 Å². The molecule has 170 valence electrons. The third-order valence-electron chi connectivity index (χ3n) is 6.88. The molecule has 3 heterocycles. The van der Waals surface area contributed by atoms with Gasteiger partial charge in [-0.2, -0.15) is 0 Å². The number of hydrogen-bond donors (Lipinski definition) is 1. The van der Waals surface area contributed by atoms with Gasteiger partial charge < -0.3 is 19.9 Å². The van der Waals surface area contributed by atoms with Crippen molar-refractivity contribution in [2.75, 3.05) is 45.9 Å². The molecule has 0 aromatic heterocycles. The number of piperazine rings is 1. The van der Waals surface area contributed by atoms with Gasteiger partial charge in [-0.05, 0) is 31.7 Å². The van der Waals surface area contributed by atoms with Crippen molar-refractivity contribution in [3.63, 3.8) is 0 Å². The second-order valence-corrected chi connectivity index (χ2v) is 9.20. The molecule has 7 heteroatoms. The van der Waals surface area contributed by atoms with Crippen LogP contribution in [0.5, 0.6) is 0 Å². The number of carbonyl (C=O) groups excluding carboxylic acids is 2. The highest BCUT2D eigenvalue weighted by Crippen LogP contribution is 2.27. The van der Waals surface area contributed by atoms with Gasteiger partial charge in [-0.25, -0.2) is 0 Å². The first-order chi connectivity index (χ1) is 15.0. The lowest BCUT2D eigenvalue weighted by Crippen LogP contribution is -2.53. The monoisotopic (exact) mass is 428 g/mol. The van der Waals surface area contributed by atoms with Gasteiger partial charge in [-0.3, -0.25) is 14.5 Å². The first kappa shape index (κ1) is 22.2. The summed E-state index contributed by atoms with van der Waals surface area (Å²) in [4.78, 5) is 31.9. The largest absolute Gasteiger partial charge is 0.377 e. The molecule has 1 aromatic carbocycles. The first-order valence-electron chi connectivity index (χ1n) is 11.7. The van der Waals surface area contributed by atoms with Crippen molar-refractivity contribution in [3.8, 4) is 0 Å². The number of carbonyl (C=O) groups is 2. The topological polar surface area (TPSA) is 65.1 Å². The Morgan fingerprint density at radius 3 is 2.58 bits per heavy atom. The van der Waals surface area contributed by atoms with Crippen molar-refractivity contribution in [1.82, 2.24) is 20.0 Å². The predicted octanol–water partition coefficient (Wildman–Crippen LogP) is 1.40. The highest BCUT2D eigenvalue weighted by Gasteiger charge is 2.42. The Balaban J connectivity index is 1.51. The number of likely N-dealkylation sites (tertiary alicyclic amines) is 1. The molecule has 3 atom stereocenters. The third-order valence-corrected chi connectivity index (χ3v) is 6.88. The second-order valence-electron chi connectivity index (χ2n) is 9.20. The summed E-state index contributed by atoms with van der Waals surface area (Å²) >= 11 is 0. The molecule has 3 aliphatic heterocycles. The minimum absolute atomic E-state index is 0.0108. The Kier molecular flexibility index (Phi) is 7.25. The lowest BCUT2D eigenvalue weighted by Gasteiger charge is -2.32. The lowest BCUT2D eigenvalue weighted by molar-refractivity contribution is -0.143. The molecule has 0 radical (unpaired) electrons. The van der Waals surface area contributed by atoms with E-state index in [0.717, 1.165) is 58.7 Å². The van der Waals surface area contributed by atoms with E-state index < -0.39 is 0 Å². The zero-order valence-electron chi connectivity index (χ0n) is 18.9. The smallest absolute Gasteiger partial charge is 0.245 e. The van der Waals surface area contributed by atoms with Crippen LogP contribution in [0.4, 0.5) is 0 Å². The normalized spacial score (nSPS) is 26.6. The van der Waals surface area contributed by atoms with Crippen molar-refractivity contribution in [3.05, 3.63) is 35.4 Å². The van der Waals surface area contributed by atoms with Crippen molar-refractivity contribution in [2.24, 2.45) is 0 Å². The van der Waals surface area contributed by atoms with E-state index in [4.69, 9.17) is 4.74 Å². The number of nitrogens with one attached hydrogen (secondary N) is 1. The van der Waals surface area contributed by atoms with Crippen molar-refractivity contribution in [1.29, 1.82) is 0 Å². The highest BCUT2D eigenvalue weighted by molar-refractivity contribution is 5.87. The summed E-state index contributed by atoms with van der Waals surface area (Å²) in [6.45, 7) is 9.86. The summed E-state index contributed by atoms with van der Waals surface area (Å²) in [6, 6.07) is 8.45. The molecule has 0 aliphatic carbocycles. The van der Waals surface area contributed by atoms with Gasteiger partial charge in [0.05, 0.1) is 6.10 Å². The first-order valence-corrected chi connectivity index (χ1v) is 11.7. The number of rotatable bonds is 6. The Labute approximate surface area is 185 Å². The maximum atomic E-state index is 13.3. The second kappa shape index (κ2) is 10.1. The summed E-state index contributed by atoms with van der Waals surface area (Å²) in [5.74, 6) is 0.0926. The van der Waals surface area contributed by atoms with Crippen LogP contribution in [0.25, 0.3) is 0 Å². The predicted molar refractivity (Wildman–Crippen MR) is 120 cm³/mol. The van der Waals surface area contributed by atoms with Crippen LogP contribution < -0.4 is 5.32 Å². The molecular weight excluding hydrogens is 392 g/mol. The molecule has 4 rings (SSSR count). The van der Waals surface area contributed by atoms with Crippen LogP contribution in [0, 0.1) is 6.92 Å². The molecule has 3 unspecified atom stereocenters. The zero-order chi connectivity index (χ0) is 21.8. The molecule has 1 aromatic rings. The minimum atomic E-state index is -0.356. The molecule has 0 bridgehead atoms. The Bertz CT molecular complexity index is 757. The average Bonchev–Trinajstić information content (AvgIpc) is 3.45. The van der Waals surface area contributed by atoms with Crippen LogP contribution in [-0.2, 0) is 20.9 Å². The van der Waals surface area contributed by atoms with Crippen LogP contribution in [0.3, 0.4) is 0 Å². The van der Waals surface area contributed by atoms with Gasteiger partial charge >= 0.3 is 0 Å². The molecule has 7 nitrogen and oxygen atoms in total. The average molecular weight is 429 g/mol. The van der Waals surface area contributed by atoms with Crippen LogP contribution in [0.1, 0.15) is 37.3 Å². The summed E-state index contributed by atoms with van der Waals surface area (Å²) in [6.07, 6.45) is 3.12. The summed E-state index contributed by atoms with van der Waals surface area (Å²) < 4.78 is 5.94. The quantitative estimate of drug-likeness (QED) is 0.742. The number of nitrogens with zero attached hydrogens (tertiary/aromatic N) is 3. The van der Waals surface area contributed by atoms with E-state index in [1.54, 1.807) is 11.8 Å². The van der Waals surface area contributed by atoms with Gasteiger partial charge in [0.15, 0.2) is 0 Å². The fourth-order valence-electron chi connectivity index (χ4n) is 5.08. The van der Waals surface area contributed by atoms with Gasteiger partial charge in [0.2, 0.25) is 11.8 Å². The van der Waals surface area contributed by atoms with Gasteiger partial charge in [-0.15, -0.1) is 0 Å². The Hall–Kier alpha value is -1.96. The number of aryl methyl sites for hydroxylation is 1. The molecule has 3 aliphatic rings. The van der Waals surface area contributed by atoms with Gasteiger partial charge in [-0.1, -0.05) is 29.8 Å². The van der Waals surface area contributed by atoms with Crippen LogP contribution in [0.15, 0.2) is 24.3 Å². The number of hydrogen-bond acceptors (Lipinski definition) is 5. The number of benzene rings is 1. The summed E-state index contributed by atoms with van der Waals surface area (Å²) in [5, 5.41) is 3.30. The van der Waals surface area contributed by atoms with Crippen molar-refractivity contribution < 1.29 is 14.3 Å². The minimum Gasteiger partial charge on any atom is -0.377 e. The Morgan fingerprint density at radius 1 is 1.19 bits per heavy atom. The fourth-order valence-corrected chi connectivity index (χ4v) is 5.08. The molecule has 3 saturated heterocycles. The summed E-state index contributed by atoms with van der Waals surface area (Å²) in [5.41, 5.74) is 2.51. The van der Waals surface area contributed by atoms with E-state index in [0.29, 0.717) is 13.0 Å². The number of amides is 2. The van der Waals surface area contributed by atoms with E-state index in [1.807, 2.05) is 4.90 Å². The van der Waals surface area contributed by atoms with Gasteiger partial charge in [0, 0.05) is 65.4 Å². The Morgan fingerprint density at radius 2 is 1.94 bits per heavy atom. The van der Waals surface area contributed by atoms with Crippen LogP contribution in [0.2, 0.25) is 0 Å². The molecule has 2 amide bonds. The molecule has 1 N–H and O–H groups in total. The fraction of sp³-hybridized carbons (Fsp3) is 0.667. The summed E-state index contributed by atoms with van der Waals surface area (Å²) in [7, 11) is 0. The van der Waals surface area contributed by atoms with E-state index in [2.05, 4.69) is 41.4 Å². The van der Waals surface area contributed by atoms with E-state index in [1.165, 1.54) is 11.1 Å². The molecule has 0 saturated carbocycles. The molecule has 3 fully saturated rings. The zero-order valence-corrected chi connectivity index (χ0v) is 18.9. The molecular formula is C24H36N4O3. The lowest BCUT2D eigenvalue weighted by atomic mass is 10.1. The highest BCUT2D eigenvalue weighted by atomic mass is 16.5. The SMILES string of the molecule is CC(=O)N1CC(N(Cc2ccc(C)cc2)CC2CCCO2)CC1C(=O)N1CCNCC1.